The van der Waals surface area contributed by atoms with Crippen molar-refractivity contribution in [2.75, 3.05) is 18.4 Å². The van der Waals surface area contributed by atoms with Crippen LogP contribution in [0.5, 0.6) is 0 Å². The zero-order valence-electron chi connectivity index (χ0n) is 15.3. The maximum absolute atomic E-state index is 13.0. The number of hydrogen-bond acceptors (Lipinski definition) is 6. The number of nitrogens with zero attached hydrogens (tertiary/aromatic N) is 3. The molecule has 1 amide bonds. The number of carbonyl (C=O) groups is 1. The van der Waals surface area contributed by atoms with Gasteiger partial charge in [0.25, 0.3) is 0 Å². The van der Waals surface area contributed by atoms with Gasteiger partial charge < -0.3 is 4.42 Å². The Kier molecular flexibility index (Phi) is 4.86. The predicted octanol–water partition coefficient (Wildman–Crippen LogP) is 2.57. The SMILES string of the molecule is Cc1nnc(NC(=O)C2CCN(S(=O)(=O)c3ccc4ccccc4c3)CC2)o1. The highest BCUT2D eigenvalue weighted by Gasteiger charge is 2.32. The summed E-state index contributed by atoms with van der Waals surface area (Å²) in [6.07, 6.45) is 0.873. The minimum Gasteiger partial charge on any atom is -0.408 e. The molecule has 0 unspecified atom stereocenters. The van der Waals surface area contributed by atoms with Crippen LogP contribution in [-0.2, 0) is 14.8 Å². The van der Waals surface area contributed by atoms with Gasteiger partial charge in [0.1, 0.15) is 0 Å². The molecule has 0 bridgehead atoms. The Morgan fingerprint density at radius 3 is 2.50 bits per heavy atom. The number of fused-ring (bicyclic) bond motifs is 1. The average Bonchev–Trinajstić information content (AvgIpc) is 3.12. The molecule has 2 aromatic carbocycles. The Bertz CT molecular complexity index is 1120. The molecular formula is C19H20N4O4S. The maximum Gasteiger partial charge on any atom is 0.322 e. The summed E-state index contributed by atoms with van der Waals surface area (Å²) < 4.78 is 32.6. The molecule has 1 N–H and O–H groups in total. The standard InChI is InChI=1S/C19H20N4O4S/c1-13-21-22-19(27-13)20-18(24)15-8-10-23(11-9-15)28(25,26)17-7-6-14-4-2-3-5-16(14)12-17/h2-7,12,15H,8-11H2,1H3,(H,20,22,24). The second kappa shape index (κ2) is 7.33. The molecule has 1 aliphatic rings. The van der Waals surface area contributed by atoms with Crippen molar-refractivity contribution in [2.24, 2.45) is 5.92 Å². The molecule has 9 heteroatoms. The fraction of sp³-hybridized carbons (Fsp3) is 0.316. The van der Waals surface area contributed by atoms with Gasteiger partial charge in [-0.1, -0.05) is 35.4 Å². The lowest BCUT2D eigenvalue weighted by Crippen LogP contribution is -2.41. The second-order valence-electron chi connectivity index (χ2n) is 6.80. The molecule has 0 radical (unpaired) electrons. The van der Waals surface area contributed by atoms with E-state index < -0.39 is 10.0 Å². The molecule has 1 fully saturated rings. The molecule has 146 valence electrons. The fourth-order valence-electron chi connectivity index (χ4n) is 3.39. The molecule has 0 atom stereocenters. The molecule has 2 heterocycles. The Balaban J connectivity index is 1.43. The smallest absolute Gasteiger partial charge is 0.322 e. The number of sulfonamides is 1. The van der Waals surface area contributed by atoms with Crippen molar-refractivity contribution in [3.05, 3.63) is 48.4 Å². The summed E-state index contributed by atoms with van der Waals surface area (Å²) in [6, 6.07) is 12.8. The lowest BCUT2D eigenvalue weighted by atomic mass is 9.97. The number of rotatable bonds is 4. The van der Waals surface area contributed by atoms with E-state index in [2.05, 4.69) is 15.5 Å². The van der Waals surface area contributed by atoms with Crippen LogP contribution >= 0.6 is 0 Å². The Hall–Kier alpha value is -2.78. The highest BCUT2D eigenvalue weighted by Crippen LogP contribution is 2.26. The number of aromatic nitrogens is 2. The van der Waals surface area contributed by atoms with Crippen LogP contribution < -0.4 is 5.32 Å². The topological polar surface area (TPSA) is 105 Å². The zero-order chi connectivity index (χ0) is 19.7. The van der Waals surface area contributed by atoms with Crippen molar-refractivity contribution >= 4 is 32.7 Å². The highest BCUT2D eigenvalue weighted by atomic mass is 32.2. The lowest BCUT2D eigenvalue weighted by Gasteiger charge is -2.30. The summed E-state index contributed by atoms with van der Waals surface area (Å²) in [5.74, 6) is -0.159. The number of nitrogens with one attached hydrogen (secondary N) is 1. The van der Waals surface area contributed by atoms with Crippen LogP contribution in [0.1, 0.15) is 18.7 Å². The molecule has 0 spiro atoms. The molecule has 28 heavy (non-hydrogen) atoms. The van der Waals surface area contributed by atoms with Crippen molar-refractivity contribution in [1.29, 1.82) is 0 Å². The van der Waals surface area contributed by atoms with Gasteiger partial charge in [-0.05, 0) is 35.7 Å². The van der Waals surface area contributed by atoms with Gasteiger partial charge >= 0.3 is 6.01 Å². The lowest BCUT2D eigenvalue weighted by molar-refractivity contribution is -0.121. The Labute approximate surface area is 162 Å². The van der Waals surface area contributed by atoms with Gasteiger partial charge in [0.2, 0.25) is 21.8 Å². The van der Waals surface area contributed by atoms with Crippen LogP contribution in [0.25, 0.3) is 10.8 Å². The van der Waals surface area contributed by atoms with Crippen molar-refractivity contribution in [3.63, 3.8) is 0 Å². The van der Waals surface area contributed by atoms with E-state index in [-0.39, 0.29) is 35.8 Å². The summed E-state index contributed by atoms with van der Waals surface area (Å²) in [4.78, 5) is 12.6. The largest absolute Gasteiger partial charge is 0.408 e. The normalized spacial score (nSPS) is 16.3. The summed E-state index contributed by atoms with van der Waals surface area (Å²) in [5.41, 5.74) is 0. The van der Waals surface area contributed by atoms with Gasteiger partial charge in [-0.15, -0.1) is 5.10 Å². The first-order chi connectivity index (χ1) is 13.4. The van der Waals surface area contributed by atoms with Crippen LogP contribution in [0.3, 0.4) is 0 Å². The highest BCUT2D eigenvalue weighted by molar-refractivity contribution is 7.89. The van der Waals surface area contributed by atoms with E-state index in [4.69, 9.17) is 4.42 Å². The van der Waals surface area contributed by atoms with Gasteiger partial charge in [0.15, 0.2) is 0 Å². The number of carbonyl (C=O) groups excluding carboxylic acids is 1. The molecular weight excluding hydrogens is 380 g/mol. The number of hydrogen-bond donors (Lipinski definition) is 1. The van der Waals surface area contributed by atoms with E-state index >= 15 is 0 Å². The summed E-state index contributed by atoms with van der Waals surface area (Å²) in [6.45, 7) is 2.21. The summed E-state index contributed by atoms with van der Waals surface area (Å²) >= 11 is 0. The monoisotopic (exact) mass is 400 g/mol. The predicted molar refractivity (Wildman–Crippen MR) is 103 cm³/mol. The summed E-state index contributed by atoms with van der Waals surface area (Å²) in [5, 5.41) is 11.9. The van der Waals surface area contributed by atoms with Crippen LogP contribution in [0.4, 0.5) is 6.01 Å². The van der Waals surface area contributed by atoms with Crippen molar-refractivity contribution < 1.29 is 17.6 Å². The first-order valence-electron chi connectivity index (χ1n) is 9.03. The molecule has 8 nitrogen and oxygen atoms in total. The molecule has 0 saturated carbocycles. The number of amides is 1. The summed E-state index contributed by atoms with van der Waals surface area (Å²) in [7, 11) is -3.60. The van der Waals surface area contributed by atoms with E-state index in [0.29, 0.717) is 18.7 Å². The van der Waals surface area contributed by atoms with Gasteiger partial charge in [0, 0.05) is 25.9 Å². The van der Waals surface area contributed by atoms with Crippen LogP contribution in [-0.4, -0.2) is 41.9 Å². The van der Waals surface area contributed by atoms with Gasteiger partial charge in [0.05, 0.1) is 4.90 Å². The second-order valence-corrected chi connectivity index (χ2v) is 8.74. The van der Waals surface area contributed by atoms with Crippen molar-refractivity contribution in [3.8, 4) is 0 Å². The molecule has 4 rings (SSSR count). The van der Waals surface area contributed by atoms with Crippen molar-refractivity contribution in [1.82, 2.24) is 14.5 Å². The van der Waals surface area contributed by atoms with Crippen LogP contribution in [0, 0.1) is 12.8 Å². The third kappa shape index (κ3) is 3.63. The van der Waals surface area contributed by atoms with Crippen LogP contribution in [0.2, 0.25) is 0 Å². The zero-order valence-corrected chi connectivity index (χ0v) is 16.1. The minimum atomic E-state index is -3.60. The van der Waals surface area contributed by atoms with E-state index in [9.17, 15) is 13.2 Å². The third-order valence-electron chi connectivity index (χ3n) is 4.94. The number of benzene rings is 2. The Morgan fingerprint density at radius 2 is 1.82 bits per heavy atom. The van der Waals surface area contributed by atoms with E-state index in [1.807, 2.05) is 30.3 Å². The molecule has 1 aliphatic heterocycles. The Morgan fingerprint density at radius 1 is 1.11 bits per heavy atom. The first kappa shape index (κ1) is 18.6. The van der Waals surface area contributed by atoms with Gasteiger partial charge in [-0.2, -0.15) is 4.31 Å². The third-order valence-corrected chi connectivity index (χ3v) is 6.83. The number of piperidine rings is 1. The van der Waals surface area contributed by atoms with Gasteiger partial charge in [-0.3, -0.25) is 10.1 Å². The van der Waals surface area contributed by atoms with E-state index in [0.717, 1.165) is 10.8 Å². The number of anilines is 1. The van der Waals surface area contributed by atoms with E-state index in [1.54, 1.807) is 19.1 Å². The fourth-order valence-corrected chi connectivity index (χ4v) is 4.90. The first-order valence-corrected chi connectivity index (χ1v) is 10.5. The quantitative estimate of drug-likeness (QED) is 0.722. The minimum absolute atomic E-state index is 0.0636. The van der Waals surface area contributed by atoms with Crippen molar-refractivity contribution in [2.45, 2.75) is 24.7 Å². The maximum atomic E-state index is 13.0. The molecule has 0 aliphatic carbocycles. The van der Waals surface area contributed by atoms with Crippen LogP contribution in [0.15, 0.2) is 51.8 Å². The molecule has 1 saturated heterocycles. The molecule has 3 aromatic rings. The average molecular weight is 400 g/mol. The van der Waals surface area contributed by atoms with Gasteiger partial charge in [-0.25, -0.2) is 8.42 Å². The number of aryl methyl sites for hydroxylation is 1. The van der Waals surface area contributed by atoms with E-state index in [1.165, 1.54) is 4.31 Å². The molecule has 1 aromatic heterocycles.